The molecule has 0 atom stereocenters. The van der Waals surface area contributed by atoms with E-state index in [2.05, 4.69) is 70.3 Å². The van der Waals surface area contributed by atoms with E-state index in [-0.39, 0.29) is 89.6 Å². The van der Waals surface area contributed by atoms with Gasteiger partial charge in [0.05, 0.1) is 0 Å². The van der Waals surface area contributed by atoms with Crippen molar-refractivity contribution in [2.75, 3.05) is 0 Å². The highest BCUT2D eigenvalue weighted by Crippen LogP contribution is 2.68. The summed E-state index contributed by atoms with van der Waals surface area (Å²) >= 11 is 0. The van der Waals surface area contributed by atoms with Crippen LogP contribution in [0.3, 0.4) is 0 Å². The minimum Gasteiger partial charge on any atom is -0.194 e. The molecule has 14 aromatic carbocycles. The summed E-state index contributed by atoms with van der Waals surface area (Å²) in [6.07, 6.45) is -16.1. The van der Waals surface area contributed by atoms with E-state index in [9.17, 15) is 61.5 Å². The summed E-state index contributed by atoms with van der Waals surface area (Å²) in [4.78, 5) is 0. The van der Waals surface area contributed by atoms with Crippen molar-refractivity contribution in [1.82, 2.24) is 0 Å². The Balaban J connectivity index is 0.987. The Morgan fingerprint density at radius 3 is 0.528 bits per heavy atom. The second-order valence-corrected chi connectivity index (χ2v) is 46.0. The number of hydrogen-bond donors (Lipinski definition) is 0. The predicted octanol–water partition coefficient (Wildman–Crippen LogP) is 32.9. The number of fused-ring (bicyclic) bond motifs is 15. The zero-order valence-corrected chi connectivity index (χ0v) is 77.2. The van der Waals surface area contributed by atoms with Crippen molar-refractivity contribution in [1.29, 1.82) is 0 Å². The summed E-state index contributed by atoms with van der Waals surface area (Å²) in [7, 11) is -4.32. The molecule has 0 aliphatic carbocycles. The molecule has 0 aliphatic heterocycles. The van der Waals surface area contributed by atoms with Crippen molar-refractivity contribution in [2.45, 2.75) is 176 Å². The average molecular weight is 2040 g/mol. The van der Waals surface area contributed by atoms with Crippen molar-refractivity contribution in [3.63, 3.8) is 0 Å². The molecule has 14 rings (SSSR count). The first-order valence-corrected chi connectivity index (χ1v) is 49.1. The molecule has 0 aromatic heterocycles. The number of aryl methyl sites for hydroxylation is 6. The smallest absolute Gasteiger partial charge is 0.194 e. The lowest BCUT2D eigenvalue weighted by Gasteiger charge is -2.42. The Morgan fingerprint density at radius 2 is 0.352 bits per heavy atom. The van der Waals surface area contributed by atoms with Gasteiger partial charge in [0.15, 0.2) is 0 Å². The fourth-order valence-electron chi connectivity index (χ4n) is 16.8. The van der Waals surface area contributed by atoms with Crippen molar-refractivity contribution < 1.29 is 149 Å². The lowest BCUT2D eigenvalue weighted by Crippen LogP contribution is -2.74. The van der Waals surface area contributed by atoms with Crippen LogP contribution >= 0.6 is 0 Å². The van der Waals surface area contributed by atoms with Gasteiger partial charge >= 0.3 is 95.3 Å². The lowest BCUT2D eigenvalue weighted by atomic mass is 9.86. The second kappa shape index (κ2) is 34.3. The second-order valence-electron chi connectivity index (χ2n) is 36.5. The molecule has 0 bridgehead atoms. The Labute approximate surface area is 787 Å². The minimum atomic E-state index is -9.01. The summed E-state index contributed by atoms with van der Waals surface area (Å²) in [6.45, 7) is 21.6. The number of benzene rings is 14. The molecule has 0 spiro atoms. The third-order valence-electron chi connectivity index (χ3n) is 24.1. The van der Waals surface area contributed by atoms with Crippen molar-refractivity contribution in [3.8, 4) is 70.3 Å². The van der Waals surface area contributed by atoms with Crippen molar-refractivity contribution in [3.05, 3.63) is 282 Å². The summed E-state index contributed by atoms with van der Waals surface area (Å²) in [5, 5.41) is 6.72. The topological polar surface area (TPSA) is 0 Å². The highest BCUT2D eigenvalue weighted by atomic mass is 28.3. The number of halogens is 34. The number of hydrogen-bond acceptors (Lipinski definition) is 0. The molecular formula is C106H66F34Si2. The monoisotopic (exact) mass is 2040 g/mol. The standard InChI is InChI=1S/C106H66F34Si2/c1-55-19-13-25-76-65(35-31-61-43-63(47-74(45-61)91(107,108)93(111,112)95(115,116)97(119,120)99(123,124)101(127,128)103(131,132)105(135,136)137)33-37-67-51-72-53-69(39-41-141(7,8)9)80-29-17-23-59(5)86(80)89(72)84-57(3)21-15-27-78(67)84)49-71-50-66(77-26-14-20-56(2)83(77)88(71)82(55)76)36-32-62-44-64(48-75(46-62)92(109,110)94(113,114)96(117,118)98(121,122)100(125,126)102(129,130)104(133,134)106(138,139)140)34-38-68-52-73-54-70(40-42-142(10,11)12)81-30-18-24-60(6)87(81)90(73)85-58(4)22-16-28-79(68)85/h13-30,43-54H,1-12H3. The van der Waals surface area contributed by atoms with Crippen LogP contribution in [0.25, 0.3) is 97.0 Å². The minimum absolute atomic E-state index is 0.0262. The van der Waals surface area contributed by atoms with E-state index in [0.717, 1.165) is 23.3 Å². The quantitative estimate of drug-likeness (QED) is 0.0441. The van der Waals surface area contributed by atoms with E-state index in [4.69, 9.17) is 0 Å². The third kappa shape index (κ3) is 16.5. The van der Waals surface area contributed by atoms with Crippen LogP contribution in [0.2, 0.25) is 39.3 Å². The maximum Gasteiger partial charge on any atom is 0.460 e. The van der Waals surface area contributed by atoms with E-state index < -0.39 is 145 Å². The maximum absolute atomic E-state index is 17.1. The zero-order valence-electron chi connectivity index (χ0n) is 75.2. The molecule has 0 unspecified atom stereocenters. The molecule has 0 nitrogen and oxygen atoms in total. The van der Waals surface area contributed by atoms with Crippen LogP contribution in [-0.2, 0) is 11.8 Å². The van der Waals surface area contributed by atoms with Crippen molar-refractivity contribution >= 4 is 113 Å². The van der Waals surface area contributed by atoms with Gasteiger partial charge in [-0.25, -0.2) is 0 Å². The molecule has 736 valence electrons. The Kier molecular flexibility index (Phi) is 25.3. The molecule has 0 fully saturated rings. The normalized spacial score (nSPS) is 13.6. The fraction of sp³-hybridized carbons (Fsp3) is 0.264. The average Bonchev–Trinajstić information content (AvgIpc) is 0.690. The number of rotatable bonds is 14. The first-order valence-electron chi connectivity index (χ1n) is 42.1. The first-order chi connectivity index (χ1) is 65.0. The molecule has 0 aliphatic rings. The Hall–Kier alpha value is -13.2. The summed E-state index contributed by atoms with van der Waals surface area (Å²) in [6, 6.07) is 37.6. The van der Waals surface area contributed by atoms with E-state index in [1.807, 2.05) is 39.3 Å². The van der Waals surface area contributed by atoms with Gasteiger partial charge < -0.3 is 0 Å². The molecule has 0 saturated heterocycles. The molecule has 0 radical (unpaired) electrons. The van der Waals surface area contributed by atoms with Crippen LogP contribution in [0.5, 0.6) is 0 Å². The molecule has 0 amide bonds. The van der Waals surface area contributed by atoms with Crippen molar-refractivity contribution in [2.24, 2.45) is 0 Å². The highest BCUT2D eigenvalue weighted by Gasteiger charge is 2.97. The van der Waals surface area contributed by atoms with Gasteiger partial charge in [-0.15, -0.1) is 11.1 Å². The van der Waals surface area contributed by atoms with Crippen LogP contribution in [0.1, 0.15) is 100 Å². The van der Waals surface area contributed by atoms with Crippen LogP contribution < -0.4 is 0 Å². The van der Waals surface area contributed by atoms with Gasteiger partial charge in [0.1, 0.15) is 16.1 Å². The molecule has 0 N–H and O–H groups in total. The molecule has 0 saturated carbocycles. The van der Waals surface area contributed by atoms with Crippen LogP contribution in [0.15, 0.2) is 182 Å². The lowest BCUT2D eigenvalue weighted by molar-refractivity contribution is -0.462. The van der Waals surface area contributed by atoms with E-state index in [1.54, 1.807) is 100 Å². The third-order valence-corrected chi connectivity index (χ3v) is 25.8. The van der Waals surface area contributed by atoms with Gasteiger partial charge in [-0.1, -0.05) is 208 Å². The van der Waals surface area contributed by atoms with Gasteiger partial charge in [-0.05, 0) is 245 Å². The van der Waals surface area contributed by atoms with Crippen LogP contribution in [-0.4, -0.2) is 99.6 Å². The van der Waals surface area contributed by atoms with E-state index in [0.29, 0.717) is 99.4 Å². The molecule has 0 heterocycles. The summed E-state index contributed by atoms with van der Waals surface area (Å²) in [5.41, 5.74) is 0.214. The maximum atomic E-state index is 17.1. The highest BCUT2D eigenvalue weighted by molar-refractivity contribution is 6.84. The van der Waals surface area contributed by atoms with Gasteiger partial charge in [-0.2, -0.15) is 149 Å². The molecule has 14 aromatic rings. The molecule has 142 heavy (non-hydrogen) atoms. The van der Waals surface area contributed by atoms with Crippen LogP contribution in [0.4, 0.5) is 149 Å². The van der Waals surface area contributed by atoms with Gasteiger partial charge in [0.25, 0.3) is 0 Å². The number of alkyl halides is 34. The molecular weight excluding hydrogens is 1980 g/mol. The SMILES string of the molecule is Cc1cccc2c(C#Cc3cc(C#Cc4cc5cc(C#C[Si](C)(C)C)c6cccc(C)c6c5c5c(C)cccc45)cc(C(F)(F)C(F)(F)C(F)(F)C(F)(F)C(F)(F)C(F)(F)C(F)(F)C(F)(F)F)c3)cc3cc(C#Cc4cc(C#Cc5cc6cc(C#C[Si](C)(C)C)c7cccc(C)c7c6c6c(C)cccc56)cc(C(F)(F)C(F)(F)C(F)(F)C(F)(F)C(F)(F)C(F)(F)C(F)(F)C(F)(F)F)c4)c4cccc(C)c4c3c12. The van der Waals surface area contributed by atoms with E-state index in [1.165, 1.54) is 74.5 Å². The summed E-state index contributed by atoms with van der Waals surface area (Å²) in [5.74, 6) is -93.0. The first kappa shape index (κ1) is 105. The summed E-state index contributed by atoms with van der Waals surface area (Å²) < 4.78 is 515. The Morgan fingerprint density at radius 1 is 0.183 bits per heavy atom. The zero-order chi connectivity index (χ0) is 105. The predicted molar refractivity (Wildman–Crippen MR) is 482 cm³/mol. The van der Waals surface area contributed by atoms with Gasteiger partial charge in [0.2, 0.25) is 0 Å². The largest absolute Gasteiger partial charge is 0.460 e. The fourth-order valence-corrected chi connectivity index (χ4v) is 17.8. The van der Waals surface area contributed by atoms with E-state index >= 15 is 87.8 Å². The van der Waals surface area contributed by atoms with Crippen LogP contribution in [0, 0.1) is 112 Å². The van der Waals surface area contributed by atoms with Gasteiger partial charge in [-0.3, -0.25) is 0 Å². The van der Waals surface area contributed by atoms with Gasteiger partial charge in [0, 0.05) is 66.8 Å². The Bertz CT molecular complexity index is 7640. The molecule has 36 heteroatoms.